The van der Waals surface area contributed by atoms with Gasteiger partial charge in [-0.2, -0.15) is 0 Å². The number of hydrogen-bond acceptors (Lipinski definition) is 4. The van der Waals surface area contributed by atoms with Gasteiger partial charge in [0.25, 0.3) is 5.69 Å². The van der Waals surface area contributed by atoms with Crippen molar-refractivity contribution in [2.24, 2.45) is 0 Å². The number of nitrogens with zero attached hydrogens (tertiary/aromatic N) is 2. The van der Waals surface area contributed by atoms with Crippen LogP contribution in [0.2, 0.25) is 0 Å². The molecule has 1 heterocycles. The van der Waals surface area contributed by atoms with Gasteiger partial charge in [0, 0.05) is 32.2 Å². The molecule has 0 bridgehead atoms. The fraction of sp³-hybridized carbons (Fsp3) is 0.533. The number of non-ortho nitro benzene ring substituents is 1. The SMILES string of the molecule is COCCN1C(=O)CCC(C)(C)c2ccc([N+](=O)[O-])cc21. The molecule has 0 aromatic heterocycles. The number of ether oxygens (including phenoxy) is 1. The first-order chi connectivity index (χ1) is 9.86. The van der Waals surface area contributed by atoms with E-state index in [4.69, 9.17) is 4.74 Å². The van der Waals surface area contributed by atoms with Gasteiger partial charge in [-0.25, -0.2) is 0 Å². The van der Waals surface area contributed by atoms with Crippen LogP contribution < -0.4 is 4.90 Å². The Hall–Kier alpha value is -1.95. The highest BCUT2D eigenvalue weighted by atomic mass is 16.6. The molecule has 1 aliphatic rings. The Morgan fingerprint density at radius 2 is 2.14 bits per heavy atom. The summed E-state index contributed by atoms with van der Waals surface area (Å²) in [5.74, 6) is -0.0145. The molecular weight excluding hydrogens is 272 g/mol. The molecule has 1 amide bonds. The molecule has 1 aliphatic heterocycles. The zero-order chi connectivity index (χ0) is 15.6. The molecule has 0 N–H and O–H groups in total. The Labute approximate surface area is 123 Å². The van der Waals surface area contributed by atoms with E-state index in [2.05, 4.69) is 13.8 Å². The summed E-state index contributed by atoms with van der Waals surface area (Å²) in [6, 6.07) is 4.77. The molecule has 0 saturated heterocycles. The van der Waals surface area contributed by atoms with Crippen LogP contribution in [-0.2, 0) is 14.9 Å². The van der Waals surface area contributed by atoms with Gasteiger partial charge >= 0.3 is 0 Å². The molecule has 0 spiro atoms. The van der Waals surface area contributed by atoms with Crippen molar-refractivity contribution in [3.8, 4) is 0 Å². The predicted octanol–water partition coefficient (Wildman–Crippen LogP) is 2.65. The number of benzene rings is 1. The second-order valence-corrected chi connectivity index (χ2v) is 5.88. The van der Waals surface area contributed by atoms with E-state index in [1.807, 2.05) is 0 Å². The van der Waals surface area contributed by atoms with Gasteiger partial charge in [-0.15, -0.1) is 0 Å². The van der Waals surface area contributed by atoms with Crippen molar-refractivity contribution in [3.63, 3.8) is 0 Å². The van der Waals surface area contributed by atoms with E-state index in [9.17, 15) is 14.9 Å². The van der Waals surface area contributed by atoms with Crippen molar-refractivity contribution < 1.29 is 14.5 Å². The molecule has 0 unspecified atom stereocenters. The number of hydrogen-bond donors (Lipinski definition) is 0. The van der Waals surface area contributed by atoms with Crippen LogP contribution in [0, 0.1) is 10.1 Å². The quantitative estimate of drug-likeness (QED) is 0.631. The Kier molecular flexibility index (Phi) is 4.27. The summed E-state index contributed by atoms with van der Waals surface area (Å²) in [4.78, 5) is 24.5. The fourth-order valence-corrected chi connectivity index (χ4v) is 2.68. The predicted molar refractivity (Wildman–Crippen MR) is 79.6 cm³/mol. The second-order valence-electron chi connectivity index (χ2n) is 5.88. The molecule has 1 aromatic rings. The summed E-state index contributed by atoms with van der Waals surface area (Å²) in [5.41, 5.74) is 1.41. The molecular formula is C15H20N2O4. The maximum Gasteiger partial charge on any atom is 0.271 e. The van der Waals surface area contributed by atoms with Crippen molar-refractivity contribution >= 4 is 17.3 Å². The maximum atomic E-state index is 12.4. The Bertz CT molecular complexity index is 569. The van der Waals surface area contributed by atoms with E-state index in [-0.39, 0.29) is 17.0 Å². The number of fused-ring (bicyclic) bond motifs is 1. The van der Waals surface area contributed by atoms with Crippen molar-refractivity contribution in [3.05, 3.63) is 33.9 Å². The molecule has 6 heteroatoms. The largest absolute Gasteiger partial charge is 0.383 e. The zero-order valence-corrected chi connectivity index (χ0v) is 12.6. The lowest BCUT2D eigenvalue weighted by atomic mass is 9.80. The summed E-state index contributed by atoms with van der Waals surface area (Å²) in [7, 11) is 1.57. The average Bonchev–Trinajstić information content (AvgIpc) is 2.53. The maximum absolute atomic E-state index is 12.4. The molecule has 0 fully saturated rings. The third kappa shape index (κ3) is 3.05. The summed E-state index contributed by atoms with van der Waals surface area (Å²) in [5, 5.41) is 11.0. The summed E-state index contributed by atoms with van der Waals surface area (Å²) in [6.45, 7) is 4.92. The molecule has 0 aliphatic carbocycles. The van der Waals surface area contributed by atoms with Gasteiger partial charge in [0.2, 0.25) is 5.91 Å². The van der Waals surface area contributed by atoms with Crippen LogP contribution in [0.5, 0.6) is 0 Å². The van der Waals surface area contributed by atoms with Gasteiger partial charge in [-0.05, 0) is 23.5 Å². The molecule has 21 heavy (non-hydrogen) atoms. The Balaban J connectivity index is 2.55. The van der Waals surface area contributed by atoms with Crippen LogP contribution in [0.3, 0.4) is 0 Å². The van der Waals surface area contributed by atoms with Crippen LogP contribution in [0.1, 0.15) is 32.3 Å². The minimum atomic E-state index is -0.433. The van der Waals surface area contributed by atoms with Crippen LogP contribution in [0.4, 0.5) is 11.4 Å². The smallest absolute Gasteiger partial charge is 0.271 e. The molecule has 0 atom stereocenters. The standard InChI is InChI=1S/C15H20N2O4/c1-15(2)7-6-14(18)16(8-9-21-3)13-10-11(17(19)20)4-5-12(13)15/h4-5,10H,6-9H2,1-3H3. The van der Waals surface area contributed by atoms with Crippen LogP contribution >= 0.6 is 0 Å². The highest BCUT2D eigenvalue weighted by Crippen LogP contribution is 2.40. The third-order valence-electron chi connectivity index (χ3n) is 4.00. The number of rotatable bonds is 4. The van der Waals surface area contributed by atoms with Crippen LogP contribution in [0.15, 0.2) is 18.2 Å². The number of anilines is 1. The van der Waals surface area contributed by atoms with Crippen LogP contribution in [0.25, 0.3) is 0 Å². The molecule has 1 aromatic carbocycles. The van der Waals surface area contributed by atoms with Crippen molar-refractivity contribution in [2.45, 2.75) is 32.1 Å². The van der Waals surface area contributed by atoms with Crippen molar-refractivity contribution in [1.82, 2.24) is 0 Å². The van der Waals surface area contributed by atoms with Gasteiger partial charge in [-0.1, -0.05) is 13.8 Å². The van der Waals surface area contributed by atoms with Crippen molar-refractivity contribution in [1.29, 1.82) is 0 Å². The lowest BCUT2D eigenvalue weighted by Gasteiger charge is -2.27. The lowest BCUT2D eigenvalue weighted by Crippen LogP contribution is -2.33. The van der Waals surface area contributed by atoms with Crippen LogP contribution in [-0.4, -0.2) is 31.1 Å². The first kappa shape index (κ1) is 15.4. The lowest BCUT2D eigenvalue weighted by molar-refractivity contribution is -0.384. The van der Waals surface area contributed by atoms with E-state index in [0.29, 0.717) is 25.3 Å². The molecule has 6 nitrogen and oxygen atoms in total. The topological polar surface area (TPSA) is 72.7 Å². The van der Waals surface area contributed by atoms with E-state index in [1.165, 1.54) is 12.1 Å². The van der Waals surface area contributed by atoms with E-state index < -0.39 is 4.92 Å². The number of methoxy groups -OCH3 is 1. The summed E-state index contributed by atoms with van der Waals surface area (Å²) >= 11 is 0. The molecule has 114 valence electrons. The first-order valence-electron chi connectivity index (χ1n) is 6.95. The summed E-state index contributed by atoms with van der Waals surface area (Å²) < 4.78 is 5.05. The molecule has 0 radical (unpaired) electrons. The van der Waals surface area contributed by atoms with Gasteiger partial charge in [0.05, 0.1) is 17.2 Å². The van der Waals surface area contributed by atoms with Gasteiger partial charge < -0.3 is 9.64 Å². The van der Waals surface area contributed by atoms with Crippen molar-refractivity contribution in [2.75, 3.05) is 25.2 Å². The van der Waals surface area contributed by atoms with Gasteiger partial charge in [0.1, 0.15) is 0 Å². The Morgan fingerprint density at radius 3 is 2.76 bits per heavy atom. The molecule has 2 rings (SSSR count). The average molecular weight is 292 g/mol. The number of nitro groups is 1. The first-order valence-corrected chi connectivity index (χ1v) is 6.95. The molecule has 0 saturated carbocycles. The van der Waals surface area contributed by atoms with E-state index in [0.717, 1.165) is 12.0 Å². The van der Waals surface area contributed by atoms with Gasteiger partial charge in [0.15, 0.2) is 0 Å². The number of carbonyl (C=O) groups excluding carboxylic acids is 1. The highest BCUT2D eigenvalue weighted by Gasteiger charge is 2.33. The minimum Gasteiger partial charge on any atom is -0.383 e. The highest BCUT2D eigenvalue weighted by molar-refractivity contribution is 5.95. The zero-order valence-electron chi connectivity index (χ0n) is 12.6. The number of amides is 1. The number of nitro benzene ring substituents is 1. The minimum absolute atomic E-state index is 0.00154. The fourth-order valence-electron chi connectivity index (χ4n) is 2.68. The Morgan fingerprint density at radius 1 is 1.43 bits per heavy atom. The second kappa shape index (κ2) is 5.81. The monoisotopic (exact) mass is 292 g/mol. The third-order valence-corrected chi connectivity index (χ3v) is 4.00. The van der Waals surface area contributed by atoms with E-state index in [1.54, 1.807) is 18.1 Å². The van der Waals surface area contributed by atoms with Gasteiger partial charge in [-0.3, -0.25) is 14.9 Å². The summed E-state index contributed by atoms with van der Waals surface area (Å²) in [6.07, 6.45) is 1.15. The number of carbonyl (C=O) groups is 1. The van der Waals surface area contributed by atoms with E-state index >= 15 is 0 Å². The normalized spacial score (nSPS) is 17.3.